The van der Waals surface area contributed by atoms with Gasteiger partial charge in [-0.15, -0.1) is 0 Å². The van der Waals surface area contributed by atoms with Gasteiger partial charge in [-0.3, -0.25) is 9.48 Å². The van der Waals surface area contributed by atoms with Crippen molar-refractivity contribution in [1.82, 2.24) is 19.3 Å². The zero-order valence-corrected chi connectivity index (χ0v) is 15.2. The van der Waals surface area contributed by atoms with E-state index in [0.29, 0.717) is 0 Å². The van der Waals surface area contributed by atoms with Crippen LogP contribution in [0.25, 0.3) is 5.69 Å². The van der Waals surface area contributed by atoms with Crippen molar-refractivity contribution in [3.63, 3.8) is 0 Å². The minimum Gasteiger partial charge on any atom is -0.324 e. The van der Waals surface area contributed by atoms with Crippen LogP contribution in [0.1, 0.15) is 30.9 Å². The molecule has 3 rings (SSSR count). The van der Waals surface area contributed by atoms with Gasteiger partial charge < -0.3 is 9.88 Å². The van der Waals surface area contributed by atoms with Crippen LogP contribution in [0.2, 0.25) is 0 Å². The first kappa shape index (κ1) is 17.0. The fraction of sp³-hybridized carbons (Fsp3) is 0.316. The van der Waals surface area contributed by atoms with Crippen molar-refractivity contribution < 1.29 is 4.79 Å². The van der Waals surface area contributed by atoms with Crippen LogP contribution in [-0.4, -0.2) is 25.2 Å². The van der Waals surface area contributed by atoms with E-state index in [2.05, 4.69) is 15.4 Å². The number of benzene rings is 1. The minimum absolute atomic E-state index is 0.113. The highest BCUT2D eigenvalue weighted by atomic mass is 16.2. The van der Waals surface area contributed by atoms with E-state index in [1.165, 1.54) is 0 Å². The highest BCUT2D eigenvalue weighted by molar-refractivity contribution is 5.96. The maximum atomic E-state index is 12.7. The Morgan fingerprint density at radius 1 is 1.08 bits per heavy atom. The van der Waals surface area contributed by atoms with Crippen LogP contribution in [0.3, 0.4) is 0 Å². The number of carbonyl (C=O) groups excluding carboxylic acids is 1. The topological polar surface area (TPSA) is 64.7 Å². The van der Waals surface area contributed by atoms with Gasteiger partial charge in [0.15, 0.2) is 0 Å². The third-order valence-corrected chi connectivity index (χ3v) is 4.51. The van der Waals surface area contributed by atoms with Crippen LogP contribution >= 0.6 is 0 Å². The zero-order valence-electron chi connectivity index (χ0n) is 15.2. The Bertz CT molecular complexity index is 902. The molecule has 130 valence electrons. The Hall–Kier alpha value is -2.89. The molecule has 25 heavy (non-hydrogen) atoms. The van der Waals surface area contributed by atoms with Crippen LogP contribution in [0.4, 0.5) is 5.69 Å². The Labute approximate surface area is 147 Å². The maximum absolute atomic E-state index is 12.7. The number of aromatic nitrogens is 4. The van der Waals surface area contributed by atoms with Gasteiger partial charge >= 0.3 is 0 Å². The number of imidazole rings is 1. The molecule has 6 heteroatoms. The SMILES string of the molecule is Cc1ccn(C(C)(C)C(=O)Nc2ccc(-n3cnc(C)c3C)cc2)n1. The lowest BCUT2D eigenvalue weighted by atomic mass is 10.0. The van der Waals surface area contributed by atoms with Gasteiger partial charge in [0.1, 0.15) is 5.54 Å². The lowest BCUT2D eigenvalue weighted by Gasteiger charge is -2.24. The molecule has 0 atom stereocenters. The summed E-state index contributed by atoms with van der Waals surface area (Å²) >= 11 is 0. The lowest BCUT2D eigenvalue weighted by molar-refractivity contribution is -0.123. The Morgan fingerprint density at radius 2 is 1.76 bits per heavy atom. The van der Waals surface area contributed by atoms with Gasteiger partial charge in [0, 0.05) is 23.3 Å². The average Bonchev–Trinajstić information content (AvgIpc) is 3.16. The first-order valence-corrected chi connectivity index (χ1v) is 8.24. The van der Waals surface area contributed by atoms with Crippen molar-refractivity contribution in [2.24, 2.45) is 0 Å². The molecule has 6 nitrogen and oxygen atoms in total. The summed E-state index contributed by atoms with van der Waals surface area (Å²) in [6, 6.07) is 9.61. The molecule has 0 aliphatic rings. The molecule has 0 saturated heterocycles. The maximum Gasteiger partial charge on any atom is 0.251 e. The molecule has 0 spiro atoms. The number of anilines is 1. The number of hydrogen-bond acceptors (Lipinski definition) is 3. The molecule has 2 aromatic heterocycles. The number of rotatable bonds is 4. The number of amides is 1. The Kier molecular flexibility index (Phi) is 4.20. The molecule has 1 amide bonds. The first-order chi connectivity index (χ1) is 11.8. The van der Waals surface area contributed by atoms with Crippen LogP contribution in [0.15, 0.2) is 42.9 Å². The fourth-order valence-electron chi connectivity index (χ4n) is 2.58. The predicted octanol–water partition coefficient (Wildman–Crippen LogP) is 3.37. The highest BCUT2D eigenvalue weighted by Gasteiger charge is 2.30. The van der Waals surface area contributed by atoms with E-state index in [4.69, 9.17) is 0 Å². The summed E-state index contributed by atoms with van der Waals surface area (Å²) in [4.78, 5) is 17.0. The summed E-state index contributed by atoms with van der Waals surface area (Å²) in [7, 11) is 0. The van der Waals surface area contributed by atoms with Gasteiger partial charge in [0.25, 0.3) is 5.91 Å². The molecule has 2 heterocycles. The number of carbonyl (C=O) groups is 1. The van der Waals surface area contributed by atoms with E-state index >= 15 is 0 Å². The van der Waals surface area contributed by atoms with Gasteiger partial charge in [-0.05, 0) is 65.0 Å². The molecule has 0 aliphatic carbocycles. The van der Waals surface area contributed by atoms with Crippen molar-refractivity contribution >= 4 is 11.6 Å². The van der Waals surface area contributed by atoms with Crippen molar-refractivity contribution in [2.45, 2.75) is 40.2 Å². The Balaban J connectivity index is 1.77. The van der Waals surface area contributed by atoms with Crippen molar-refractivity contribution in [3.8, 4) is 5.69 Å². The molecule has 0 radical (unpaired) electrons. The van der Waals surface area contributed by atoms with Crippen molar-refractivity contribution in [2.75, 3.05) is 5.32 Å². The first-order valence-electron chi connectivity index (χ1n) is 8.24. The molecule has 1 N–H and O–H groups in total. The van der Waals surface area contributed by atoms with Crippen LogP contribution in [0, 0.1) is 20.8 Å². The van der Waals surface area contributed by atoms with Gasteiger partial charge in [0.05, 0.1) is 17.7 Å². The number of nitrogens with zero attached hydrogens (tertiary/aromatic N) is 4. The van der Waals surface area contributed by atoms with E-state index in [1.54, 1.807) is 11.0 Å². The number of aryl methyl sites for hydroxylation is 2. The molecule has 0 bridgehead atoms. The van der Waals surface area contributed by atoms with E-state index in [0.717, 1.165) is 28.5 Å². The molecule has 0 aliphatic heterocycles. The van der Waals surface area contributed by atoms with Crippen molar-refractivity contribution in [3.05, 3.63) is 59.9 Å². The molecule has 0 fully saturated rings. The summed E-state index contributed by atoms with van der Waals surface area (Å²) in [5.41, 5.74) is 3.99. The molecular weight excluding hydrogens is 314 g/mol. The largest absolute Gasteiger partial charge is 0.324 e. The van der Waals surface area contributed by atoms with E-state index < -0.39 is 5.54 Å². The smallest absolute Gasteiger partial charge is 0.251 e. The summed E-state index contributed by atoms with van der Waals surface area (Å²) in [5, 5.41) is 7.32. The third kappa shape index (κ3) is 3.20. The monoisotopic (exact) mass is 337 g/mol. The molecule has 0 saturated carbocycles. The fourth-order valence-corrected chi connectivity index (χ4v) is 2.58. The predicted molar refractivity (Wildman–Crippen MR) is 98.0 cm³/mol. The molecule has 1 aromatic carbocycles. The van der Waals surface area contributed by atoms with Crippen LogP contribution in [0.5, 0.6) is 0 Å². The van der Waals surface area contributed by atoms with Crippen LogP contribution < -0.4 is 5.32 Å². The summed E-state index contributed by atoms with van der Waals surface area (Å²) in [6.07, 6.45) is 3.63. The second-order valence-corrected chi connectivity index (χ2v) is 6.75. The van der Waals surface area contributed by atoms with E-state index in [9.17, 15) is 4.79 Å². The van der Waals surface area contributed by atoms with Gasteiger partial charge in [0.2, 0.25) is 0 Å². The van der Waals surface area contributed by atoms with Crippen molar-refractivity contribution in [1.29, 1.82) is 0 Å². The second-order valence-electron chi connectivity index (χ2n) is 6.75. The van der Waals surface area contributed by atoms with Gasteiger partial charge in [-0.1, -0.05) is 0 Å². The third-order valence-electron chi connectivity index (χ3n) is 4.51. The zero-order chi connectivity index (χ0) is 18.2. The summed E-state index contributed by atoms with van der Waals surface area (Å²) in [5.74, 6) is -0.113. The Morgan fingerprint density at radius 3 is 2.28 bits per heavy atom. The average molecular weight is 337 g/mol. The summed E-state index contributed by atoms with van der Waals surface area (Å²) < 4.78 is 3.71. The molecule has 3 aromatic rings. The summed E-state index contributed by atoms with van der Waals surface area (Å²) in [6.45, 7) is 9.62. The second kappa shape index (κ2) is 6.20. The van der Waals surface area contributed by atoms with Gasteiger partial charge in [-0.2, -0.15) is 5.10 Å². The lowest BCUT2D eigenvalue weighted by Crippen LogP contribution is -2.40. The molecule has 0 unspecified atom stereocenters. The van der Waals surface area contributed by atoms with E-state index in [1.807, 2.05) is 75.7 Å². The molecular formula is C19H23N5O. The normalized spacial score (nSPS) is 11.6. The quantitative estimate of drug-likeness (QED) is 0.794. The van der Waals surface area contributed by atoms with Gasteiger partial charge in [-0.25, -0.2) is 4.98 Å². The van der Waals surface area contributed by atoms with E-state index in [-0.39, 0.29) is 5.91 Å². The number of nitrogens with one attached hydrogen (secondary N) is 1. The standard InChI is InChI=1S/C19H23N5O/c1-13-10-11-24(22-13)19(4,5)18(25)21-16-6-8-17(9-7-16)23-12-20-14(2)15(23)3/h6-12H,1-5H3,(H,21,25). The minimum atomic E-state index is -0.773. The van der Waals surface area contributed by atoms with Crippen LogP contribution in [-0.2, 0) is 10.3 Å². The highest BCUT2D eigenvalue weighted by Crippen LogP contribution is 2.20. The number of hydrogen-bond donors (Lipinski definition) is 1.